The summed E-state index contributed by atoms with van der Waals surface area (Å²) >= 11 is 1.21. The van der Waals surface area contributed by atoms with Crippen LogP contribution in [0.2, 0.25) is 0 Å². The summed E-state index contributed by atoms with van der Waals surface area (Å²) in [5, 5.41) is 2.70. The van der Waals surface area contributed by atoms with Gasteiger partial charge in [-0.1, -0.05) is 0 Å². The first-order valence-corrected chi connectivity index (χ1v) is 4.43. The minimum atomic E-state index is 0.0343. The number of amides is 1. The van der Waals surface area contributed by atoms with Crippen LogP contribution in [0.1, 0.15) is 6.92 Å². The van der Waals surface area contributed by atoms with Crippen LogP contribution in [0.3, 0.4) is 0 Å². The number of carbonyl (C=O) groups is 1. The Balaban J connectivity index is 3.31. The van der Waals surface area contributed by atoms with Crippen LogP contribution in [0.4, 0.5) is 0 Å². The van der Waals surface area contributed by atoms with Crippen LogP contribution in [0, 0.1) is 0 Å². The van der Waals surface area contributed by atoms with Crippen molar-refractivity contribution in [2.45, 2.75) is 6.92 Å². The fraction of sp³-hybridized carbons (Fsp3) is 0.667. The topological polar surface area (TPSA) is 38.3 Å². The first-order chi connectivity index (χ1) is 4.68. The number of carbonyl (C=O) groups excluding carboxylic acids is 1. The Morgan fingerprint density at radius 2 is 2.30 bits per heavy atom. The molecule has 3 nitrogen and oxygen atoms in total. The molecule has 0 rings (SSSR count). The van der Waals surface area contributed by atoms with E-state index in [2.05, 4.69) is 5.32 Å². The molecule has 0 aliphatic rings. The first kappa shape index (κ1) is 9.99. The average molecular weight is 313 g/mol. The Bertz CT molecular complexity index is 136. The van der Waals surface area contributed by atoms with Crippen molar-refractivity contribution in [1.82, 2.24) is 5.32 Å². The second-order valence-electron chi connectivity index (χ2n) is 1.80. The molecule has 0 atom stereocenters. The van der Waals surface area contributed by atoms with Crippen molar-refractivity contribution in [3.63, 3.8) is 0 Å². The third-order valence-electron chi connectivity index (χ3n) is 0.912. The van der Waals surface area contributed by atoms with E-state index in [9.17, 15) is 4.79 Å². The van der Waals surface area contributed by atoms with Gasteiger partial charge in [-0.05, 0) is 0 Å². The summed E-state index contributed by atoms with van der Waals surface area (Å²) in [6.07, 6.45) is 0. The molecular weight excluding hydrogens is 302 g/mol. The second-order valence-corrected chi connectivity index (χ2v) is 4.00. The van der Waals surface area contributed by atoms with Gasteiger partial charge in [-0.15, -0.1) is 0 Å². The SMILES string of the molecule is COCCNC(=O)[C](C)=[W]. The van der Waals surface area contributed by atoms with Crippen LogP contribution in [-0.4, -0.2) is 30.1 Å². The quantitative estimate of drug-likeness (QED) is 0.710. The molecule has 0 spiro atoms. The molecule has 1 amide bonds. The molecule has 0 radical (unpaired) electrons. The zero-order chi connectivity index (χ0) is 7.98. The van der Waals surface area contributed by atoms with Crippen LogP contribution >= 0.6 is 0 Å². The van der Waals surface area contributed by atoms with Crippen LogP contribution in [0.15, 0.2) is 0 Å². The normalized spacial score (nSPS) is 9.00. The molecular formula is C6H11NO2W. The van der Waals surface area contributed by atoms with Crippen LogP contribution in [0.5, 0.6) is 0 Å². The van der Waals surface area contributed by atoms with E-state index in [-0.39, 0.29) is 5.91 Å². The zero-order valence-electron chi connectivity index (χ0n) is 6.14. The molecule has 1 N–H and O–H groups in total. The van der Waals surface area contributed by atoms with Crippen molar-refractivity contribution in [3.05, 3.63) is 0 Å². The predicted molar refractivity (Wildman–Crippen MR) is 35.6 cm³/mol. The van der Waals surface area contributed by atoms with E-state index in [1.807, 2.05) is 6.92 Å². The summed E-state index contributed by atoms with van der Waals surface area (Å²) in [6.45, 7) is 2.99. The van der Waals surface area contributed by atoms with Crippen molar-refractivity contribution in [3.8, 4) is 0 Å². The molecule has 0 fully saturated rings. The number of hydrogen-bond donors (Lipinski definition) is 1. The Morgan fingerprint density at radius 3 is 2.70 bits per heavy atom. The van der Waals surface area contributed by atoms with Crippen LogP contribution in [-0.2, 0) is 28.9 Å². The van der Waals surface area contributed by atoms with Gasteiger partial charge in [-0.3, -0.25) is 0 Å². The van der Waals surface area contributed by atoms with Gasteiger partial charge in [-0.25, -0.2) is 0 Å². The molecule has 0 bridgehead atoms. The van der Waals surface area contributed by atoms with Gasteiger partial charge in [0.15, 0.2) is 0 Å². The summed E-state index contributed by atoms with van der Waals surface area (Å²) in [4.78, 5) is 10.8. The minimum absolute atomic E-state index is 0.0343. The molecule has 0 aliphatic heterocycles. The summed E-state index contributed by atoms with van der Waals surface area (Å²) in [5.41, 5.74) is 0. The molecule has 10 heavy (non-hydrogen) atoms. The van der Waals surface area contributed by atoms with Gasteiger partial charge in [0, 0.05) is 0 Å². The molecule has 0 aliphatic carbocycles. The fourth-order valence-electron chi connectivity index (χ4n) is 0.391. The fourth-order valence-corrected chi connectivity index (χ4v) is 0.650. The second kappa shape index (κ2) is 5.75. The molecule has 0 aromatic heterocycles. The Hall–Kier alpha value is -0.0117. The zero-order valence-corrected chi connectivity index (χ0v) is 9.07. The van der Waals surface area contributed by atoms with E-state index in [1.54, 1.807) is 7.11 Å². The van der Waals surface area contributed by atoms with Gasteiger partial charge in [0.1, 0.15) is 0 Å². The summed E-state index contributed by atoms with van der Waals surface area (Å²) in [7, 11) is 1.61. The monoisotopic (exact) mass is 313 g/mol. The molecule has 0 saturated heterocycles. The number of hydrogen-bond acceptors (Lipinski definition) is 2. The van der Waals surface area contributed by atoms with Gasteiger partial charge in [0.2, 0.25) is 0 Å². The van der Waals surface area contributed by atoms with Crippen LogP contribution in [0.25, 0.3) is 0 Å². The van der Waals surface area contributed by atoms with Gasteiger partial charge >= 0.3 is 71.2 Å². The van der Waals surface area contributed by atoms with E-state index >= 15 is 0 Å². The average Bonchev–Trinajstić information content (AvgIpc) is 1.88. The van der Waals surface area contributed by atoms with Gasteiger partial charge in [0.25, 0.3) is 0 Å². The first-order valence-electron chi connectivity index (χ1n) is 2.96. The van der Waals surface area contributed by atoms with Crippen molar-refractivity contribution >= 4 is 9.81 Å². The Kier molecular flexibility index (Phi) is 5.74. The standard InChI is InChI=1S/C6H11NO2.W/c1-3-6(8)7-4-5-9-2;/h4-5H2,1-2H3,(H,7,8);. The molecule has 58 valence electrons. The van der Waals surface area contributed by atoms with Gasteiger partial charge in [-0.2, -0.15) is 0 Å². The van der Waals surface area contributed by atoms with E-state index in [1.165, 1.54) is 19.4 Å². The number of rotatable bonds is 4. The number of methoxy groups -OCH3 is 1. The van der Waals surface area contributed by atoms with E-state index in [0.29, 0.717) is 13.2 Å². The maximum absolute atomic E-state index is 10.8. The maximum atomic E-state index is 10.8. The van der Waals surface area contributed by atoms with E-state index < -0.39 is 0 Å². The van der Waals surface area contributed by atoms with Crippen LogP contribution < -0.4 is 5.32 Å². The van der Waals surface area contributed by atoms with E-state index in [4.69, 9.17) is 4.74 Å². The van der Waals surface area contributed by atoms with Crippen molar-refractivity contribution in [1.29, 1.82) is 0 Å². The van der Waals surface area contributed by atoms with E-state index in [0.717, 1.165) is 3.90 Å². The number of nitrogens with one attached hydrogen (secondary N) is 1. The van der Waals surface area contributed by atoms with Crippen molar-refractivity contribution < 1.29 is 28.9 Å². The molecule has 0 heterocycles. The third-order valence-corrected chi connectivity index (χ3v) is 1.58. The van der Waals surface area contributed by atoms with Crippen molar-refractivity contribution in [2.75, 3.05) is 20.3 Å². The molecule has 0 unspecified atom stereocenters. The Labute approximate surface area is 71.5 Å². The molecule has 0 aromatic rings. The molecule has 0 saturated carbocycles. The summed E-state index contributed by atoms with van der Waals surface area (Å²) in [6, 6.07) is 0. The Morgan fingerprint density at radius 1 is 1.70 bits per heavy atom. The summed E-state index contributed by atoms with van der Waals surface area (Å²) < 4.78 is 5.61. The van der Waals surface area contributed by atoms with Gasteiger partial charge < -0.3 is 0 Å². The van der Waals surface area contributed by atoms with Gasteiger partial charge in [0.05, 0.1) is 0 Å². The van der Waals surface area contributed by atoms with Crippen molar-refractivity contribution in [2.24, 2.45) is 0 Å². The molecule has 4 heteroatoms. The third kappa shape index (κ3) is 4.83. The number of ether oxygens (including phenoxy) is 1. The molecule has 0 aromatic carbocycles. The summed E-state index contributed by atoms with van der Waals surface area (Å²) in [5.74, 6) is 0.0343. The predicted octanol–water partition coefficient (Wildman–Crippen LogP) is -0.512.